The Morgan fingerprint density at radius 2 is 2.19 bits per heavy atom. The molecular formula is C13H18N2O4S2. The number of carbonyl (C=O) groups is 1. The van der Waals surface area contributed by atoms with E-state index in [1.54, 1.807) is 18.2 Å². The van der Waals surface area contributed by atoms with E-state index in [0.717, 1.165) is 6.26 Å². The Hall–Kier alpha value is -1.41. The summed E-state index contributed by atoms with van der Waals surface area (Å²) < 4.78 is 29.0. The molecule has 0 aromatic heterocycles. The number of amides is 1. The van der Waals surface area contributed by atoms with Gasteiger partial charge in [0.15, 0.2) is 15.6 Å². The van der Waals surface area contributed by atoms with Crippen molar-refractivity contribution in [2.75, 3.05) is 37.1 Å². The van der Waals surface area contributed by atoms with Crippen LogP contribution in [-0.2, 0) is 9.84 Å². The first-order valence-corrected chi connectivity index (χ1v) is 9.47. The second-order valence-corrected chi connectivity index (χ2v) is 8.14. The lowest BCUT2D eigenvalue weighted by atomic mass is 10.1. The van der Waals surface area contributed by atoms with Gasteiger partial charge in [-0.25, -0.2) is 8.42 Å². The van der Waals surface area contributed by atoms with E-state index in [4.69, 9.17) is 10.5 Å². The van der Waals surface area contributed by atoms with Crippen LogP contribution in [0.15, 0.2) is 18.2 Å². The predicted octanol–water partition coefficient (Wildman–Crippen LogP) is 0.837. The summed E-state index contributed by atoms with van der Waals surface area (Å²) in [7, 11) is -1.91. The molecule has 1 saturated heterocycles. The van der Waals surface area contributed by atoms with Crippen molar-refractivity contribution in [3.8, 4) is 5.75 Å². The molecule has 0 aliphatic carbocycles. The molecule has 1 aromatic carbocycles. The monoisotopic (exact) mass is 330 g/mol. The topological polar surface area (TPSA) is 89.7 Å². The average Bonchev–Trinajstić information content (AvgIpc) is 2.45. The van der Waals surface area contributed by atoms with Crippen molar-refractivity contribution in [3.63, 3.8) is 0 Å². The number of nitrogens with zero attached hydrogens (tertiary/aromatic N) is 1. The summed E-state index contributed by atoms with van der Waals surface area (Å²) in [5, 5.41) is -0.810. The minimum atomic E-state index is -3.35. The molecule has 2 rings (SSSR count). The molecule has 1 atom stereocenters. The molecule has 21 heavy (non-hydrogen) atoms. The summed E-state index contributed by atoms with van der Waals surface area (Å²) >= 11 is 1.53. The van der Waals surface area contributed by atoms with E-state index in [1.807, 2.05) is 0 Å². The molecule has 1 aliphatic rings. The van der Waals surface area contributed by atoms with Gasteiger partial charge >= 0.3 is 0 Å². The lowest BCUT2D eigenvalue weighted by molar-refractivity contribution is 0.0746. The van der Waals surface area contributed by atoms with Crippen LogP contribution in [-0.4, -0.2) is 56.0 Å². The normalized spacial score (nSPS) is 19.3. The number of hydrogen-bond acceptors (Lipinski definition) is 6. The van der Waals surface area contributed by atoms with Gasteiger partial charge in [0.25, 0.3) is 5.91 Å². The molecule has 1 amide bonds. The van der Waals surface area contributed by atoms with Gasteiger partial charge in [-0.2, -0.15) is 11.8 Å². The zero-order chi connectivity index (χ0) is 15.6. The van der Waals surface area contributed by atoms with Crippen LogP contribution >= 0.6 is 11.8 Å². The molecule has 1 fully saturated rings. The van der Waals surface area contributed by atoms with Crippen molar-refractivity contribution < 1.29 is 17.9 Å². The summed E-state index contributed by atoms with van der Waals surface area (Å²) in [5.41, 5.74) is 6.44. The summed E-state index contributed by atoms with van der Waals surface area (Å²) in [6.07, 6.45) is 1.15. The first-order valence-electron chi connectivity index (χ1n) is 6.36. The number of thioether (sulfide) groups is 1. The zero-order valence-corrected chi connectivity index (χ0v) is 13.5. The molecule has 116 valence electrons. The van der Waals surface area contributed by atoms with Crippen LogP contribution in [0.5, 0.6) is 5.75 Å². The number of carbonyl (C=O) groups excluding carboxylic acids is 1. The van der Waals surface area contributed by atoms with Crippen LogP contribution in [0.1, 0.15) is 10.4 Å². The fourth-order valence-corrected chi connectivity index (χ4v) is 5.09. The highest BCUT2D eigenvalue weighted by Crippen LogP contribution is 2.29. The average molecular weight is 330 g/mol. The predicted molar refractivity (Wildman–Crippen MR) is 84.4 cm³/mol. The van der Waals surface area contributed by atoms with Gasteiger partial charge in [0.2, 0.25) is 0 Å². The van der Waals surface area contributed by atoms with Gasteiger partial charge in [-0.05, 0) is 12.1 Å². The molecule has 0 saturated carbocycles. The second kappa shape index (κ2) is 6.15. The Labute approximate surface area is 128 Å². The molecule has 8 heteroatoms. The highest BCUT2D eigenvalue weighted by molar-refractivity contribution is 8.00. The van der Waals surface area contributed by atoms with Gasteiger partial charge in [-0.1, -0.05) is 6.07 Å². The van der Waals surface area contributed by atoms with E-state index >= 15 is 0 Å². The Morgan fingerprint density at radius 1 is 1.48 bits per heavy atom. The van der Waals surface area contributed by atoms with Gasteiger partial charge in [0, 0.05) is 24.3 Å². The van der Waals surface area contributed by atoms with E-state index in [-0.39, 0.29) is 17.2 Å². The van der Waals surface area contributed by atoms with Crippen LogP contribution in [0.25, 0.3) is 0 Å². The van der Waals surface area contributed by atoms with Gasteiger partial charge in [0.1, 0.15) is 5.37 Å². The summed E-state index contributed by atoms with van der Waals surface area (Å²) in [5.74, 6) is 1.01. The molecular weight excluding hydrogens is 312 g/mol. The fraction of sp³-hybridized carbons (Fsp3) is 0.462. The second-order valence-electron chi connectivity index (χ2n) is 4.79. The molecule has 0 bridgehead atoms. The maximum atomic E-state index is 12.7. The number of benzene rings is 1. The Kier molecular flexibility index (Phi) is 4.67. The molecule has 1 aromatic rings. The van der Waals surface area contributed by atoms with Gasteiger partial charge < -0.3 is 15.4 Å². The first kappa shape index (κ1) is 16.0. The maximum Gasteiger partial charge on any atom is 0.258 e. The van der Waals surface area contributed by atoms with Crippen molar-refractivity contribution in [3.05, 3.63) is 23.8 Å². The molecule has 1 heterocycles. The Balaban J connectivity index is 2.41. The van der Waals surface area contributed by atoms with Crippen LogP contribution in [0.4, 0.5) is 5.69 Å². The third-order valence-corrected chi connectivity index (χ3v) is 5.96. The Morgan fingerprint density at radius 3 is 2.81 bits per heavy atom. The smallest absolute Gasteiger partial charge is 0.258 e. The quantitative estimate of drug-likeness (QED) is 0.826. The van der Waals surface area contributed by atoms with E-state index in [0.29, 0.717) is 23.7 Å². The third-order valence-electron chi connectivity index (χ3n) is 3.32. The first-order chi connectivity index (χ1) is 9.86. The number of rotatable bonds is 3. The number of nitrogens with two attached hydrogens (primary N) is 1. The number of sulfone groups is 1. The summed E-state index contributed by atoms with van der Waals surface area (Å²) in [6.45, 7) is 0.388. The highest BCUT2D eigenvalue weighted by atomic mass is 32.2. The lowest BCUT2D eigenvalue weighted by Gasteiger charge is -2.34. The van der Waals surface area contributed by atoms with E-state index in [2.05, 4.69) is 0 Å². The van der Waals surface area contributed by atoms with Crippen LogP contribution in [0.2, 0.25) is 0 Å². The molecule has 2 N–H and O–H groups in total. The van der Waals surface area contributed by atoms with Crippen molar-refractivity contribution in [1.29, 1.82) is 0 Å². The number of para-hydroxylation sites is 1. The largest absolute Gasteiger partial charge is 0.494 e. The molecule has 1 aliphatic heterocycles. The van der Waals surface area contributed by atoms with Gasteiger partial charge in [-0.15, -0.1) is 0 Å². The minimum Gasteiger partial charge on any atom is -0.494 e. The Bertz CT molecular complexity index is 646. The van der Waals surface area contributed by atoms with Crippen LogP contribution < -0.4 is 10.5 Å². The van der Waals surface area contributed by atoms with Crippen molar-refractivity contribution in [2.24, 2.45) is 0 Å². The van der Waals surface area contributed by atoms with E-state index in [1.165, 1.54) is 23.8 Å². The molecule has 6 nitrogen and oxygen atoms in total. The summed E-state index contributed by atoms with van der Waals surface area (Å²) in [6, 6.07) is 4.88. The van der Waals surface area contributed by atoms with Crippen LogP contribution in [0.3, 0.4) is 0 Å². The lowest BCUT2D eigenvalue weighted by Crippen LogP contribution is -2.50. The van der Waals surface area contributed by atoms with Crippen molar-refractivity contribution in [2.45, 2.75) is 5.37 Å². The van der Waals surface area contributed by atoms with Crippen molar-refractivity contribution in [1.82, 2.24) is 4.90 Å². The summed E-state index contributed by atoms with van der Waals surface area (Å²) in [4.78, 5) is 14.1. The molecule has 0 radical (unpaired) electrons. The number of methoxy groups -OCH3 is 1. The molecule has 0 spiro atoms. The van der Waals surface area contributed by atoms with E-state index < -0.39 is 15.2 Å². The highest BCUT2D eigenvalue weighted by Gasteiger charge is 2.35. The zero-order valence-electron chi connectivity index (χ0n) is 11.9. The van der Waals surface area contributed by atoms with Crippen LogP contribution in [0, 0.1) is 0 Å². The maximum absolute atomic E-state index is 12.7. The number of ether oxygens (including phenoxy) is 1. The standard InChI is InChI=1S/C13H18N2O4S2/c1-19-12-9(4-3-5-10(12)14)13(16)15-6-7-20-8-11(15)21(2,17)18/h3-5,11H,6-8,14H2,1-2H3. The molecule has 1 unspecified atom stereocenters. The SMILES string of the molecule is COc1c(N)cccc1C(=O)N1CCSCC1S(C)(=O)=O. The van der Waals surface area contributed by atoms with Crippen molar-refractivity contribution >= 4 is 33.2 Å². The number of nitrogen functional groups attached to an aromatic ring is 1. The number of anilines is 1. The fourth-order valence-electron chi connectivity index (χ4n) is 2.27. The van der Waals surface area contributed by atoms with Gasteiger partial charge in [0.05, 0.1) is 18.4 Å². The van der Waals surface area contributed by atoms with Gasteiger partial charge in [-0.3, -0.25) is 4.79 Å². The number of hydrogen-bond donors (Lipinski definition) is 1. The minimum absolute atomic E-state index is 0.285. The third kappa shape index (κ3) is 3.26. The van der Waals surface area contributed by atoms with E-state index in [9.17, 15) is 13.2 Å².